The summed E-state index contributed by atoms with van der Waals surface area (Å²) in [7, 11) is 1.24. The molecule has 0 radical (unpaired) electrons. The van der Waals surface area contributed by atoms with E-state index in [0.717, 1.165) is 12.1 Å². The van der Waals surface area contributed by atoms with E-state index in [1.165, 1.54) is 19.2 Å². The molecular weight excluding hydrogens is 507 g/mol. The van der Waals surface area contributed by atoms with E-state index in [1.54, 1.807) is 24.3 Å². The molecule has 1 heterocycles. The molecule has 38 heavy (non-hydrogen) atoms. The number of alkyl carbamates (subject to hydrolysis) is 1. The number of carbonyl (C=O) groups excluding carboxylic acids is 3. The second-order valence-electron chi connectivity index (χ2n) is 7.87. The SMILES string of the molecule is COC(=O)NCCNC(=O)CCCC(=O)Nc1cccc(-c2nnc(-c3ccc(C(F)(F)F)cc3)nn2)c1. The number of nitrogens with one attached hydrogen (secondary N) is 3. The van der Waals surface area contributed by atoms with Gasteiger partial charge < -0.3 is 20.7 Å². The highest BCUT2D eigenvalue weighted by atomic mass is 19.4. The number of rotatable bonds is 10. The smallest absolute Gasteiger partial charge is 0.416 e. The summed E-state index contributed by atoms with van der Waals surface area (Å²) in [5.41, 5.74) is 0.533. The molecule has 0 saturated heterocycles. The summed E-state index contributed by atoms with van der Waals surface area (Å²) in [6.07, 6.45) is -4.46. The summed E-state index contributed by atoms with van der Waals surface area (Å²) in [5, 5.41) is 23.7. The molecule has 0 saturated carbocycles. The lowest BCUT2D eigenvalue weighted by atomic mass is 10.1. The quantitative estimate of drug-likeness (QED) is 0.338. The minimum Gasteiger partial charge on any atom is -0.453 e. The Hall–Kier alpha value is -4.62. The Bertz CT molecular complexity index is 1250. The minimum atomic E-state index is -4.44. The van der Waals surface area contributed by atoms with Crippen LogP contribution in [0.25, 0.3) is 22.8 Å². The number of carbonyl (C=O) groups is 3. The van der Waals surface area contributed by atoms with Crippen molar-refractivity contribution in [3.8, 4) is 22.8 Å². The highest BCUT2D eigenvalue weighted by Crippen LogP contribution is 2.30. The molecule has 0 bridgehead atoms. The van der Waals surface area contributed by atoms with Crippen molar-refractivity contribution in [1.82, 2.24) is 31.0 Å². The zero-order valence-corrected chi connectivity index (χ0v) is 20.2. The summed E-state index contributed by atoms with van der Waals surface area (Å²) in [6.45, 7) is 0.464. The van der Waals surface area contributed by atoms with Crippen LogP contribution in [0.4, 0.5) is 23.7 Å². The fourth-order valence-electron chi connectivity index (χ4n) is 3.16. The van der Waals surface area contributed by atoms with Crippen molar-refractivity contribution in [2.75, 3.05) is 25.5 Å². The first-order valence-electron chi connectivity index (χ1n) is 11.4. The minimum absolute atomic E-state index is 0.0655. The molecule has 11 nitrogen and oxygen atoms in total. The molecule has 0 aliphatic rings. The van der Waals surface area contributed by atoms with Crippen LogP contribution in [0.1, 0.15) is 24.8 Å². The third-order valence-corrected chi connectivity index (χ3v) is 5.06. The van der Waals surface area contributed by atoms with Gasteiger partial charge in [-0.3, -0.25) is 9.59 Å². The number of methoxy groups -OCH3 is 1. The standard InChI is InChI=1S/C24H24F3N7O4/c1-38-23(37)29-13-12-28-19(35)6-3-7-20(36)30-18-5-2-4-16(14-18)22-33-31-21(32-34-22)15-8-10-17(11-9-15)24(25,26)27/h2,4-5,8-11,14H,3,6-7,12-13H2,1H3,(H,28,35)(H,29,37)(H,30,36). The molecular formula is C24H24F3N7O4. The summed E-state index contributed by atoms with van der Waals surface area (Å²) >= 11 is 0. The highest BCUT2D eigenvalue weighted by molar-refractivity contribution is 5.91. The van der Waals surface area contributed by atoms with Gasteiger partial charge in [0.15, 0.2) is 0 Å². The molecule has 0 aliphatic carbocycles. The molecule has 3 aromatic rings. The van der Waals surface area contributed by atoms with E-state index in [9.17, 15) is 27.6 Å². The van der Waals surface area contributed by atoms with Crippen molar-refractivity contribution in [2.24, 2.45) is 0 Å². The van der Waals surface area contributed by atoms with Gasteiger partial charge in [-0.2, -0.15) is 13.2 Å². The maximum Gasteiger partial charge on any atom is 0.416 e. The maximum absolute atomic E-state index is 12.7. The molecule has 14 heteroatoms. The van der Waals surface area contributed by atoms with Crippen LogP contribution in [0.3, 0.4) is 0 Å². The first-order chi connectivity index (χ1) is 18.2. The highest BCUT2D eigenvalue weighted by Gasteiger charge is 2.30. The zero-order chi connectivity index (χ0) is 27.5. The Kier molecular flexibility index (Phi) is 9.62. The predicted octanol–water partition coefficient (Wildman–Crippen LogP) is 3.20. The van der Waals surface area contributed by atoms with Crippen molar-refractivity contribution in [1.29, 1.82) is 0 Å². The van der Waals surface area contributed by atoms with Crippen LogP contribution in [0.2, 0.25) is 0 Å². The Balaban J connectivity index is 1.49. The third kappa shape index (κ3) is 8.50. The van der Waals surface area contributed by atoms with Gasteiger partial charge in [-0.1, -0.05) is 24.3 Å². The lowest BCUT2D eigenvalue weighted by molar-refractivity contribution is -0.137. The van der Waals surface area contributed by atoms with Crippen LogP contribution in [0.15, 0.2) is 48.5 Å². The molecule has 2 aromatic carbocycles. The van der Waals surface area contributed by atoms with Gasteiger partial charge >= 0.3 is 12.3 Å². The molecule has 0 fully saturated rings. The van der Waals surface area contributed by atoms with Crippen LogP contribution >= 0.6 is 0 Å². The average molecular weight is 531 g/mol. The summed E-state index contributed by atoms with van der Waals surface area (Å²) in [6, 6.07) is 11.0. The molecule has 0 unspecified atom stereocenters. The number of aromatic nitrogens is 4. The Morgan fingerprint density at radius 2 is 1.42 bits per heavy atom. The second-order valence-corrected chi connectivity index (χ2v) is 7.87. The van der Waals surface area contributed by atoms with Gasteiger partial charge in [0.05, 0.1) is 12.7 Å². The van der Waals surface area contributed by atoms with Crippen LogP contribution in [0.5, 0.6) is 0 Å². The number of hydrogen-bond donors (Lipinski definition) is 3. The van der Waals surface area contributed by atoms with Crippen molar-refractivity contribution >= 4 is 23.6 Å². The van der Waals surface area contributed by atoms with Crippen LogP contribution < -0.4 is 16.0 Å². The van der Waals surface area contributed by atoms with Gasteiger partial charge in [-0.25, -0.2) is 4.79 Å². The molecule has 200 valence electrons. The number of nitrogens with zero attached hydrogens (tertiary/aromatic N) is 4. The molecule has 0 spiro atoms. The number of benzene rings is 2. The van der Waals surface area contributed by atoms with E-state index in [1.807, 2.05) is 0 Å². The topological polar surface area (TPSA) is 148 Å². The normalized spacial score (nSPS) is 10.9. The molecule has 3 N–H and O–H groups in total. The average Bonchev–Trinajstić information content (AvgIpc) is 2.91. The summed E-state index contributed by atoms with van der Waals surface area (Å²) in [5.74, 6) is -0.314. The molecule has 0 aliphatic heterocycles. The van der Waals surface area contributed by atoms with Gasteiger partial charge in [-0.15, -0.1) is 20.4 Å². The Morgan fingerprint density at radius 1 is 0.816 bits per heavy atom. The molecule has 3 rings (SSSR count). The summed E-state index contributed by atoms with van der Waals surface area (Å²) in [4.78, 5) is 35.0. The number of anilines is 1. The van der Waals surface area contributed by atoms with E-state index < -0.39 is 17.8 Å². The largest absolute Gasteiger partial charge is 0.453 e. The first kappa shape index (κ1) is 28.0. The first-order valence-corrected chi connectivity index (χ1v) is 11.4. The molecule has 0 atom stereocenters. The number of hydrogen-bond acceptors (Lipinski definition) is 8. The van der Waals surface area contributed by atoms with Gasteiger partial charge in [0.1, 0.15) is 0 Å². The van der Waals surface area contributed by atoms with E-state index in [0.29, 0.717) is 23.2 Å². The lowest BCUT2D eigenvalue weighted by Gasteiger charge is -2.08. The lowest BCUT2D eigenvalue weighted by Crippen LogP contribution is -2.34. The number of ether oxygens (including phenoxy) is 1. The fourth-order valence-corrected chi connectivity index (χ4v) is 3.16. The van der Waals surface area contributed by atoms with E-state index >= 15 is 0 Å². The van der Waals surface area contributed by atoms with E-state index in [4.69, 9.17) is 0 Å². The van der Waals surface area contributed by atoms with Crippen molar-refractivity contribution in [3.05, 3.63) is 54.1 Å². The predicted molar refractivity (Wildman–Crippen MR) is 129 cm³/mol. The zero-order valence-electron chi connectivity index (χ0n) is 20.2. The van der Waals surface area contributed by atoms with E-state index in [2.05, 4.69) is 41.1 Å². The molecule has 3 amide bonds. The number of amides is 3. The van der Waals surface area contributed by atoms with Crippen molar-refractivity contribution in [2.45, 2.75) is 25.4 Å². The Labute approximate surface area is 215 Å². The number of alkyl halides is 3. The van der Waals surface area contributed by atoms with Gasteiger partial charge in [-0.05, 0) is 30.7 Å². The van der Waals surface area contributed by atoms with Crippen molar-refractivity contribution < 1.29 is 32.3 Å². The third-order valence-electron chi connectivity index (χ3n) is 5.06. The monoisotopic (exact) mass is 531 g/mol. The van der Waals surface area contributed by atoms with Crippen LogP contribution in [-0.4, -0.2) is 58.5 Å². The van der Waals surface area contributed by atoms with Crippen molar-refractivity contribution in [3.63, 3.8) is 0 Å². The molecule has 1 aromatic heterocycles. The maximum atomic E-state index is 12.7. The van der Waals surface area contributed by atoms with Gasteiger partial charge in [0.2, 0.25) is 23.5 Å². The number of halogens is 3. The second kappa shape index (κ2) is 13.1. The fraction of sp³-hybridized carbons (Fsp3) is 0.292. The van der Waals surface area contributed by atoms with Gasteiger partial charge in [0, 0.05) is 42.7 Å². The Morgan fingerprint density at radius 3 is 2.05 bits per heavy atom. The van der Waals surface area contributed by atoms with Crippen LogP contribution in [-0.2, 0) is 20.5 Å². The summed E-state index contributed by atoms with van der Waals surface area (Å²) < 4.78 is 42.6. The van der Waals surface area contributed by atoms with Crippen LogP contribution in [0, 0.1) is 0 Å². The van der Waals surface area contributed by atoms with E-state index in [-0.39, 0.29) is 49.4 Å². The van der Waals surface area contributed by atoms with Gasteiger partial charge in [0.25, 0.3) is 0 Å².